The van der Waals surface area contributed by atoms with Gasteiger partial charge in [-0.1, -0.05) is 31.2 Å². The van der Waals surface area contributed by atoms with Crippen LogP contribution in [0.3, 0.4) is 0 Å². The summed E-state index contributed by atoms with van der Waals surface area (Å²) in [5.41, 5.74) is 3.72. The molecule has 0 radical (unpaired) electrons. The predicted molar refractivity (Wildman–Crippen MR) is 120 cm³/mol. The summed E-state index contributed by atoms with van der Waals surface area (Å²) >= 11 is 0. The largest absolute Gasteiger partial charge is 0.494 e. The first-order chi connectivity index (χ1) is 14.3. The number of hydrogen-bond acceptors (Lipinski definition) is 3. The maximum Gasteiger partial charge on any atom is 0.127 e. The molecular weight excluding hydrogens is 358 g/mol. The summed E-state index contributed by atoms with van der Waals surface area (Å²) in [6, 6.07) is 17.4. The molecule has 0 aliphatic carbocycles. The Labute approximate surface area is 174 Å². The van der Waals surface area contributed by atoms with E-state index in [4.69, 9.17) is 9.72 Å². The third kappa shape index (κ3) is 4.64. The lowest BCUT2D eigenvalue weighted by molar-refractivity contribution is 0.247. The summed E-state index contributed by atoms with van der Waals surface area (Å²) in [4.78, 5) is 7.58. The molecule has 1 aliphatic heterocycles. The Morgan fingerprint density at radius 2 is 1.76 bits per heavy atom. The zero-order valence-corrected chi connectivity index (χ0v) is 17.8. The molecular formula is C25H33N3O. The van der Waals surface area contributed by atoms with Crippen LogP contribution in [0.1, 0.15) is 57.0 Å². The lowest BCUT2D eigenvalue weighted by Gasteiger charge is -2.24. The molecule has 29 heavy (non-hydrogen) atoms. The predicted octanol–water partition coefficient (Wildman–Crippen LogP) is 5.61. The molecule has 1 fully saturated rings. The minimum Gasteiger partial charge on any atom is -0.494 e. The first kappa shape index (κ1) is 20.0. The molecule has 0 saturated carbocycles. The van der Waals surface area contributed by atoms with Gasteiger partial charge in [-0.05, 0) is 81.9 Å². The molecule has 4 rings (SSSR count). The number of likely N-dealkylation sites (tertiary alicyclic amines) is 1. The van der Waals surface area contributed by atoms with Gasteiger partial charge in [-0.25, -0.2) is 4.98 Å². The van der Waals surface area contributed by atoms with Crippen LogP contribution < -0.4 is 4.74 Å². The number of ether oxygens (including phenoxy) is 1. The molecule has 0 amide bonds. The Bertz CT molecular complexity index is 909. The molecule has 154 valence electrons. The van der Waals surface area contributed by atoms with Gasteiger partial charge in [0.15, 0.2) is 0 Å². The van der Waals surface area contributed by atoms with E-state index in [0.29, 0.717) is 6.04 Å². The summed E-state index contributed by atoms with van der Waals surface area (Å²) < 4.78 is 8.38. The third-order valence-electron chi connectivity index (χ3n) is 6.12. The van der Waals surface area contributed by atoms with Gasteiger partial charge in [-0.15, -0.1) is 0 Å². The van der Waals surface area contributed by atoms with E-state index in [1.165, 1.54) is 42.8 Å². The fourth-order valence-corrected chi connectivity index (χ4v) is 4.32. The summed E-state index contributed by atoms with van der Waals surface area (Å²) in [7, 11) is 0. The highest BCUT2D eigenvalue weighted by Gasteiger charge is 2.24. The molecule has 2 aromatic carbocycles. The van der Waals surface area contributed by atoms with Gasteiger partial charge < -0.3 is 9.30 Å². The van der Waals surface area contributed by atoms with Crippen LogP contribution in [0.25, 0.3) is 11.0 Å². The number of hydrogen-bond donors (Lipinski definition) is 0. The summed E-state index contributed by atoms with van der Waals surface area (Å²) in [6.45, 7) is 8.62. The number of rotatable bonds is 9. The van der Waals surface area contributed by atoms with Crippen LogP contribution in [0.5, 0.6) is 5.75 Å². The second-order valence-electron chi connectivity index (χ2n) is 8.08. The summed E-state index contributed by atoms with van der Waals surface area (Å²) in [5.74, 6) is 2.18. The molecule has 1 unspecified atom stereocenters. The SMILES string of the molecule is CCc1ccc(OCCCCn2c(C(C)N3CCCC3)nc3ccccc32)cc1. The van der Waals surface area contributed by atoms with E-state index in [2.05, 4.69) is 71.8 Å². The van der Waals surface area contributed by atoms with Gasteiger partial charge >= 0.3 is 0 Å². The van der Waals surface area contributed by atoms with Crippen molar-refractivity contribution < 1.29 is 4.74 Å². The second-order valence-corrected chi connectivity index (χ2v) is 8.08. The van der Waals surface area contributed by atoms with Gasteiger partial charge in [0.05, 0.1) is 23.7 Å². The number of aryl methyl sites for hydroxylation is 2. The number of benzene rings is 2. The van der Waals surface area contributed by atoms with E-state index in [0.717, 1.165) is 43.7 Å². The smallest absolute Gasteiger partial charge is 0.127 e. The molecule has 4 nitrogen and oxygen atoms in total. The van der Waals surface area contributed by atoms with E-state index >= 15 is 0 Å². The van der Waals surface area contributed by atoms with Crippen molar-refractivity contribution in [1.29, 1.82) is 0 Å². The van der Waals surface area contributed by atoms with Gasteiger partial charge in [-0.3, -0.25) is 4.90 Å². The Hall–Kier alpha value is -2.33. The quantitative estimate of drug-likeness (QED) is 0.444. The van der Waals surface area contributed by atoms with Crippen molar-refractivity contribution in [2.45, 2.75) is 58.5 Å². The zero-order valence-electron chi connectivity index (χ0n) is 17.8. The molecule has 1 atom stereocenters. The van der Waals surface area contributed by atoms with Crippen LogP contribution in [-0.4, -0.2) is 34.1 Å². The minimum atomic E-state index is 0.373. The molecule has 1 aliphatic rings. The molecule has 1 saturated heterocycles. The average molecular weight is 392 g/mol. The number of unbranched alkanes of at least 4 members (excludes halogenated alkanes) is 1. The monoisotopic (exact) mass is 391 g/mol. The second kappa shape index (κ2) is 9.45. The Kier molecular flexibility index (Phi) is 6.50. The van der Waals surface area contributed by atoms with Crippen molar-refractivity contribution in [3.8, 4) is 5.75 Å². The van der Waals surface area contributed by atoms with Crippen LogP contribution in [0.2, 0.25) is 0 Å². The minimum absolute atomic E-state index is 0.373. The van der Waals surface area contributed by atoms with E-state index in [9.17, 15) is 0 Å². The van der Waals surface area contributed by atoms with Crippen LogP contribution in [0.15, 0.2) is 48.5 Å². The van der Waals surface area contributed by atoms with Gasteiger partial charge in [0.25, 0.3) is 0 Å². The number of para-hydroxylation sites is 2. The molecule has 0 N–H and O–H groups in total. The topological polar surface area (TPSA) is 30.3 Å². The Balaban J connectivity index is 1.38. The highest BCUT2D eigenvalue weighted by molar-refractivity contribution is 5.76. The number of imidazole rings is 1. The molecule has 4 heteroatoms. The average Bonchev–Trinajstić information content (AvgIpc) is 3.42. The van der Waals surface area contributed by atoms with Crippen LogP contribution in [-0.2, 0) is 13.0 Å². The van der Waals surface area contributed by atoms with Gasteiger partial charge in [0.1, 0.15) is 11.6 Å². The lowest BCUT2D eigenvalue weighted by atomic mass is 10.2. The van der Waals surface area contributed by atoms with Gasteiger partial charge in [0.2, 0.25) is 0 Å². The first-order valence-electron chi connectivity index (χ1n) is 11.2. The Morgan fingerprint density at radius 3 is 2.52 bits per heavy atom. The van der Waals surface area contributed by atoms with Crippen molar-refractivity contribution in [2.75, 3.05) is 19.7 Å². The summed E-state index contributed by atoms with van der Waals surface area (Å²) in [6.07, 6.45) is 5.81. The highest BCUT2D eigenvalue weighted by Crippen LogP contribution is 2.27. The van der Waals surface area contributed by atoms with Crippen LogP contribution >= 0.6 is 0 Å². The number of aromatic nitrogens is 2. The van der Waals surface area contributed by atoms with Crippen molar-refractivity contribution in [3.63, 3.8) is 0 Å². The van der Waals surface area contributed by atoms with E-state index in [1.807, 2.05) is 0 Å². The Morgan fingerprint density at radius 1 is 1.00 bits per heavy atom. The van der Waals surface area contributed by atoms with Crippen molar-refractivity contribution in [2.24, 2.45) is 0 Å². The maximum absolute atomic E-state index is 5.94. The highest BCUT2D eigenvalue weighted by atomic mass is 16.5. The van der Waals surface area contributed by atoms with Crippen molar-refractivity contribution >= 4 is 11.0 Å². The third-order valence-corrected chi connectivity index (χ3v) is 6.12. The van der Waals surface area contributed by atoms with E-state index in [1.54, 1.807) is 0 Å². The molecule has 0 bridgehead atoms. The normalized spacial score (nSPS) is 15.8. The fraction of sp³-hybridized carbons (Fsp3) is 0.480. The van der Waals surface area contributed by atoms with Gasteiger partial charge in [0, 0.05) is 6.54 Å². The van der Waals surface area contributed by atoms with Crippen molar-refractivity contribution in [1.82, 2.24) is 14.5 Å². The fourth-order valence-electron chi connectivity index (χ4n) is 4.32. The molecule has 0 spiro atoms. The molecule has 1 aromatic heterocycles. The maximum atomic E-state index is 5.94. The number of nitrogens with zero attached hydrogens (tertiary/aromatic N) is 3. The lowest BCUT2D eigenvalue weighted by Crippen LogP contribution is -2.26. The first-order valence-corrected chi connectivity index (χ1v) is 11.2. The summed E-state index contributed by atoms with van der Waals surface area (Å²) in [5, 5.41) is 0. The number of fused-ring (bicyclic) bond motifs is 1. The van der Waals surface area contributed by atoms with Gasteiger partial charge in [-0.2, -0.15) is 0 Å². The molecule has 3 aromatic rings. The van der Waals surface area contributed by atoms with E-state index < -0.39 is 0 Å². The van der Waals surface area contributed by atoms with Crippen LogP contribution in [0.4, 0.5) is 0 Å². The molecule has 2 heterocycles. The van der Waals surface area contributed by atoms with Crippen LogP contribution in [0, 0.1) is 0 Å². The zero-order chi connectivity index (χ0) is 20.1. The van der Waals surface area contributed by atoms with E-state index in [-0.39, 0.29) is 0 Å². The standard InChI is InChI=1S/C25H33N3O/c1-3-21-12-14-22(15-13-21)29-19-9-8-18-28-24-11-5-4-10-23(24)26-25(28)20(2)27-16-6-7-17-27/h4-5,10-15,20H,3,6-9,16-19H2,1-2H3. The van der Waals surface area contributed by atoms with Crippen molar-refractivity contribution in [3.05, 3.63) is 59.9 Å².